The van der Waals surface area contributed by atoms with Gasteiger partial charge in [-0.3, -0.25) is 60.2 Å². The number of nitrogen functional groups attached to an aromatic ring is 4. The molecule has 0 saturated carbocycles. The summed E-state index contributed by atoms with van der Waals surface area (Å²) in [6.07, 6.45) is 7.26. The largest absolute Gasteiger partial charge is 0.399 e. The number of fused-ring (bicyclic) bond motifs is 2. The van der Waals surface area contributed by atoms with Gasteiger partial charge in [0.05, 0.1) is 104 Å². The first-order valence-corrected chi connectivity index (χ1v) is 33.0. The van der Waals surface area contributed by atoms with Gasteiger partial charge in [0, 0.05) is 98.1 Å². The molecule has 0 aliphatic rings. The number of aromatic amines is 2. The highest BCUT2D eigenvalue weighted by molar-refractivity contribution is 9.10. The predicted molar refractivity (Wildman–Crippen MR) is 408 cm³/mol. The highest BCUT2D eigenvalue weighted by Gasteiger charge is 2.23. The van der Waals surface area contributed by atoms with Crippen LogP contribution in [0.3, 0.4) is 0 Å². The molecular formula is C74H86BrClF6N12O12. The van der Waals surface area contributed by atoms with Crippen LogP contribution in [0.15, 0.2) is 95.5 Å². The molecule has 0 radical (unpaired) electrons. The molecule has 11 N–H and O–H groups in total. The van der Waals surface area contributed by atoms with Crippen molar-refractivity contribution in [3.8, 4) is 36.0 Å². The van der Waals surface area contributed by atoms with Crippen LogP contribution in [0.1, 0.15) is 166 Å². The van der Waals surface area contributed by atoms with E-state index in [2.05, 4.69) is 81.6 Å². The fourth-order valence-electron chi connectivity index (χ4n) is 7.50. The van der Waals surface area contributed by atoms with Crippen molar-refractivity contribution in [3.63, 3.8) is 0 Å². The molecule has 8 aromatic rings. The van der Waals surface area contributed by atoms with Gasteiger partial charge in [0.2, 0.25) is 11.1 Å². The number of nitro benzene ring substituents is 5. The Hall–Kier alpha value is -11.2. The number of amides is 1. The third-order valence-corrected chi connectivity index (χ3v) is 13.9. The van der Waals surface area contributed by atoms with E-state index in [0.717, 1.165) is 71.7 Å². The van der Waals surface area contributed by atoms with Crippen LogP contribution in [0.25, 0.3) is 21.8 Å². The number of nitrogens with one attached hydrogen (secondary N) is 3. The van der Waals surface area contributed by atoms with Crippen LogP contribution in [0, 0.1) is 138 Å². The van der Waals surface area contributed by atoms with Crippen molar-refractivity contribution in [1.29, 1.82) is 0 Å². The molecule has 2 heterocycles. The third kappa shape index (κ3) is 32.6. The molecule has 0 saturated heterocycles. The van der Waals surface area contributed by atoms with E-state index in [-0.39, 0.29) is 112 Å². The van der Waals surface area contributed by atoms with Crippen LogP contribution in [0.4, 0.5) is 83.2 Å². The van der Waals surface area contributed by atoms with Gasteiger partial charge in [0.25, 0.3) is 28.4 Å². The minimum absolute atomic E-state index is 0.0137. The first-order chi connectivity index (χ1) is 48.5. The standard InChI is InChI=1S/C16H19FN2O3.2C12H13FN2O2.C12H15FN2.C6H4BrFN2O2.C6H5FN2O2.C6H10.C4H7ClO/c1-5-6-14(20)18-15-11(7-8-16(2,3)4)9-12(19(21)22)10-13(15)17;1-12(2,3)10-5-7-4-8(15(16)17)6-9(13)11(7)14-10;1-12(2,3)5-4-8-6-9(15(16)17)7-10(13)11(8)14;1-12(2,3)10-5-7-4-8(14)6-9(13)11(7)15-10;7-4-1-3(10(11)12)2-5(8)6(4)9;7-5-3-4(9(10)11)1-2-6(5)8;1-5-6(2,3)4;1-2-3-4(5)6/h9-10H,5-6H2,1-4H3,(H,18,20);4-6,14H,1-3H3;6-7H,14H2,1-3H3;4-6,15H,14H2,1-3H3;1-2H,9H2;1-3H,8H2;1H,2-4H3;2-3H2,1H3. The second-order valence-electron chi connectivity index (χ2n) is 28.1. The number of nitrogens with two attached hydrogens (primary N) is 4. The average Bonchev–Trinajstić information content (AvgIpc) is 1.68. The number of terminal acetylenes is 1. The zero-order chi connectivity index (χ0) is 82.1. The Kier molecular flexibility index (Phi) is 35.1. The van der Waals surface area contributed by atoms with Gasteiger partial charge in [-0.05, 0) is 133 Å². The molecule has 0 aliphatic carbocycles. The van der Waals surface area contributed by atoms with Crippen LogP contribution in [-0.2, 0) is 20.4 Å². The van der Waals surface area contributed by atoms with Gasteiger partial charge in [-0.15, -0.1) is 12.3 Å². The fraction of sp³-hybridized carbons (Fsp3) is 0.351. The summed E-state index contributed by atoms with van der Waals surface area (Å²) in [5.41, 5.74) is 22.0. The molecule has 1 amide bonds. The minimum Gasteiger partial charge on any atom is -0.399 e. The Morgan fingerprint density at radius 3 is 1.24 bits per heavy atom. The lowest BCUT2D eigenvalue weighted by molar-refractivity contribution is -0.385. The van der Waals surface area contributed by atoms with Crippen molar-refractivity contribution in [2.24, 2.45) is 16.2 Å². The molecule has 0 aliphatic heterocycles. The Balaban J connectivity index is 0.000000622. The lowest BCUT2D eigenvalue weighted by Gasteiger charge is -2.15. The van der Waals surface area contributed by atoms with Crippen molar-refractivity contribution < 1.29 is 60.5 Å². The van der Waals surface area contributed by atoms with Crippen LogP contribution >= 0.6 is 27.5 Å². The summed E-state index contributed by atoms with van der Waals surface area (Å²) >= 11 is 7.83. The summed E-state index contributed by atoms with van der Waals surface area (Å²) in [5, 5.41) is 55.9. The zero-order valence-electron chi connectivity index (χ0n) is 61.5. The molecule has 8 rings (SSSR count). The molecule has 0 bridgehead atoms. The number of anilines is 5. The second kappa shape index (κ2) is 40.2. The van der Waals surface area contributed by atoms with E-state index >= 15 is 0 Å². The van der Waals surface area contributed by atoms with Gasteiger partial charge >= 0.3 is 0 Å². The normalized spacial score (nSPS) is 10.7. The molecule has 2 aromatic heterocycles. The molecule has 0 spiro atoms. The molecular weight excluding hydrogens is 1480 g/mol. The summed E-state index contributed by atoms with van der Waals surface area (Å²) < 4.78 is 80.1. The average molecular weight is 1560 g/mol. The second-order valence-corrected chi connectivity index (χ2v) is 29.4. The lowest BCUT2D eigenvalue weighted by atomic mass is 9.92. The highest BCUT2D eigenvalue weighted by Crippen LogP contribution is 2.33. The first kappa shape index (κ1) is 92.8. The van der Waals surface area contributed by atoms with Gasteiger partial charge in [-0.25, -0.2) is 26.3 Å². The minimum atomic E-state index is -0.864. The first-order valence-electron chi connectivity index (χ1n) is 31.8. The van der Waals surface area contributed by atoms with Crippen molar-refractivity contribution in [3.05, 3.63) is 203 Å². The van der Waals surface area contributed by atoms with Crippen molar-refractivity contribution >= 4 is 117 Å². The summed E-state index contributed by atoms with van der Waals surface area (Å²) in [7, 11) is 0. The van der Waals surface area contributed by atoms with E-state index in [0.29, 0.717) is 34.9 Å². The molecule has 6 aromatic carbocycles. The summed E-state index contributed by atoms with van der Waals surface area (Å²) in [4.78, 5) is 76.5. The van der Waals surface area contributed by atoms with Gasteiger partial charge in [-0.2, -0.15) is 0 Å². The number of hydrogen-bond acceptors (Lipinski definition) is 16. The maximum absolute atomic E-state index is 14.1. The Morgan fingerprint density at radius 2 is 0.858 bits per heavy atom. The van der Waals surface area contributed by atoms with E-state index in [1.807, 2.05) is 103 Å². The van der Waals surface area contributed by atoms with Crippen molar-refractivity contribution in [2.75, 3.05) is 28.3 Å². The molecule has 24 nitrogen and oxygen atoms in total. The van der Waals surface area contributed by atoms with Crippen molar-refractivity contribution in [2.45, 2.75) is 154 Å². The Morgan fingerprint density at radius 1 is 0.491 bits per heavy atom. The summed E-state index contributed by atoms with van der Waals surface area (Å²) in [6.45, 7) is 33.2. The van der Waals surface area contributed by atoms with Crippen molar-refractivity contribution in [1.82, 2.24) is 9.97 Å². The predicted octanol–water partition coefficient (Wildman–Crippen LogP) is 19.9. The number of rotatable bonds is 10. The topological polar surface area (TPSA) is 398 Å². The molecule has 0 unspecified atom stereocenters. The fourth-order valence-corrected chi connectivity index (χ4v) is 8.11. The number of nitro groups is 5. The number of nitrogens with zero attached hydrogens (tertiary/aromatic N) is 5. The SMILES string of the molecule is C#CC(C)(C)C.CC(C)(C)C#Cc1cc([N+](=O)[O-])cc(F)c1N.CC(C)(C)c1cc2cc(N)cc(F)c2[nH]1.CC(C)(C)c1cc2cc([N+](=O)[O-])cc(F)c2[nH]1.CCCC(=O)Cl.CCCC(=O)Nc1c(F)cc([N+](=O)[O-])cc1C#CC(C)(C)C.Nc1c(F)cc([N+](=O)[O-])cc1Br.Nc1ccc([N+](=O)[O-])cc1F. The molecule has 0 atom stereocenters. The molecule has 32 heteroatoms. The zero-order valence-corrected chi connectivity index (χ0v) is 63.9. The van der Waals surface area contributed by atoms with E-state index in [1.54, 1.807) is 12.1 Å². The Bertz CT molecular complexity index is 4670. The van der Waals surface area contributed by atoms with Crippen LogP contribution in [-0.4, -0.2) is 45.7 Å². The number of carbonyl (C=O) groups is 2. The van der Waals surface area contributed by atoms with Crippen LogP contribution in [0.5, 0.6) is 0 Å². The van der Waals surface area contributed by atoms with E-state index < -0.39 is 59.4 Å². The van der Waals surface area contributed by atoms with Gasteiger partial charge < -0.3 is 38.2 Å². The quantitative estimate of drug-likeness (QED) is 0.0167. The van der Waals surface area contributed by atoms with Crippen LogP contribution < -0.4 is 28.3 Å². The number of non-ortho nitro benzene ring substituents is 5. The van der Waals surface area contributed by atoms with E-state index in [1.165, 1.54) is 24.3 Å². The van der Waals surface area contributed by atoms with Gasteiger partial charge in [0.1, 0.15) is 5.82 Å². The van der Waals surface area contributed by atoms with E-state index in [4.69, 9.17) is 41.0 Å². The number of H-pyrrole nitrogens is 2. The summed E-state index contributed by atoms with van der Waals surface area (Å²) in [6, 6.07) is 18.1. The highest BCUT2D eigenvalue weighted by atomic mass is 79.9. The van der Waals surface area contributed by atoms with Gasteiger partial charge in [0.15, 0.2) is 29.1 Å². The Labute approximate surface area is 623 Å². The van der Waals surface area contributed by atoms with Crippen LogP contribution in [0.2, 0.25) is 0 Å². The monoisotopic (exact) mass is 1560 g/mol. The summed E-state index contributed by atoms with van der Waals surface area (Å²) in [5.74, 6) is 9.26. The van der Waals surface area contributed by atoms with Gasteiger partial charge in [-0.1, -0.05) is 79.1 Å². The molecule has 570 valence electrons. The number of benzene rings is 6. The molecule has 106 heavy (non-hydrogen) atoms. The number of carbonyl (C=O) groups excluding carboxylic acids is 2. The third-order valence-electron chi connectivity index (χ3n) is 13.0. The maximum Gasteiger partial charge on any atom is 0.273 e. The number of halogens is 8. The lowest BCUT2D eigenvalue weighted by Crippen LogP contribution is -2.13. The smallest absolute Gasteiger partial charge is 0.273 e. The van der Waals surface area contributed by atoms with E-state index in [9.17, 15) is 86.5 Å². The molecule has 0 fully saturated rings. The number of hydrogen-bond donors (Lipinski definition) is 7. The number of aromatic nitrogens is 2. The maximum atomic E-state index is 14.1.